The minimum Gasteiger partial charge on any atom is -0.462 e. The fourth-order valence-electron chi connectivity index (χ4n) is 8.31. The third-order valence-electron chi connectivity index (χ3n) is 12.8. The molecule has 0 amide bonds. The molecule has 0 heterocycles. The van der Waals surface area contributed by atoms with Crippen LogP contribution in [0.3, 0.4) is 0 Å². The van der Waals surface area contributed by atoms with Gasteiger partial charge in [-0.2, -0.15) is 0 Å². The number of unbranched alkanes of at least 4 members (excludes halogenated alkanes) is 33. The molecular weight excluding hydrogens is 757 g/mol. The van der Waals surface area contributed by atoms with E-state index in [0.717, 1.165) is 69.6 Å². The predicted molar refractivity (Wildman–Crippen MR) is 261 cm³/mol. The van der Waals surface area contributed by atoms with Gasteiger partial charge < -0.3 is 14.2 Å². The van der Waals surface area contributed by atoms with Gasteiger partial charge in [0.05, 0.1) is 0 Å². The summed E-state index contributed by atoms with van der Waals surface area (Å²) in [5, 5.41) is 0. The number of carbonyl (C=O) groups excluding carboxylic acids is 3. The predicted octanol–water partition coefficient (Wildman–Crippen LogP) is 17.7. The first-order valence-electron chi connectivity index (χ1n) is 27.3. The first kappa shape index (κ1) is 59.4. The van der Waals surface area contributed by atoms with Crippen LogP contribution in [0.1, 0.15) is 304 Å². The molecule has 0 saturated carbocycles. The monoisotopic (exact) mass is 863 g/mol. The topological polar surface area (TPSA) is 78.9 Å². The van der Waals surface area contributed by atoms with E-state index in [-0.39, 0.29) is 31.1 Å². The van der Waals surface area contributed by atoms with Crippen molar-refractivity contribution in [3.63, 3.8) is 0 Å². The average molecular weight is 863 g/mol. The third kappa shape index (κ3) is 47.7. The first-order valence-corrected chi connectivity index (χ1v) is 27.3. The number of hydrogen-bond donors (Lipinski definition) is 0. The van der Waals surface area contributed by atoms with Gasteiger partial charge in [-0.1, -0.05) is 266 Å². The lowest BCUT2D eigenvalue weighted by molar-refractivity contribution is -0.167. The average Bonchev–Trinajstić information content (AvgIpc) is 3.24. The summed E-state index contributed by atoms with van der Waals surface area (Å²) in [6.45, 7) is 11.4. The van der Waals surface area contributed by atoms with Crippen LogP contribution >= 0.6 is 0 Å². The van der Waals surface area contributed by atoms with Crippen LogP contribution in [-0.2, 0) is 28.6 Å². The van der Waals surface area contributed by atoms with E-state index in [1.807, 2.05) is 0 Å². The number of esters is 3. The second-order valence-corrected chi connectivity index (χ2v) is 19.6. The Bertz CT molecular complexity index is 933. The summed E-state index contributed by atoms with van der Waals surface area (Å²) in [4.78, 5) is 38.0. The summed E-state index contributed by atoms with van der Waals surface area (Å²) in [6, 6.07) is 0. The van der Waals surface area contributed by atoms with Gasteiger partial charge in [0.25, 0.3) is 0 Å². The van der Waals surface area contributed by atoms with Gasteiger partial charge in [-0.15, -0.1) is 0 Å². The van der Waals surface area contributed by atoms with E-state index in [1.54, 1.807) is 0 Å². The van der Waals surface area contributed by atoms with Gasteiger partial charge in [0.15, 0.2) is 6.10 Å². The maximum atomic E-state index is 12.8. The highest BCUT2D eigenvalue weighted by atomic mass is 16.6. The molecular formula is C55H106O6. The summed E-state index contributed by atoms with van der Waals surface area (Å²) in [6.07, 6.45) is 49.6. The molecule has 362 valence electrons. The molecule has 0 rings (SSSR count). The molecule has 0 radical (unpaired) electrons. The van der Waals surface area contributed by atoms with Crippen LogP contribution in [0.5, 0.6) is 0 Å². The van der Waals surface area contributed by atoms with E-state index >= 15 is 0 Å². The largest absolute Gasteiger partial charge is 0.462 e. The minimum absolute atomic E-state index is 0.0644. The van der Waals surface area contributed by atoms with Crippen molar-refractivity contribution in [3.8, 4) is 0 Å². The van der Waals surface area contributed by atoms with Crippen molar-refractivity contribution in [1.29, 1.82) is 0 Å². The summed E-state index contributed by atoms with van der Waals surface area (Å²) in [7, 11) is 0. The van der Waals surface area contributed by atoms with Crippen molar-refractivity contribution in [1.82, 2.24) is 0 Å². The van der Waals surface area contributed by atoms with Crippen molar-refractivity contribution in [2.75, 3.05) is 13.2 Å². The normalized spacial score (nSPS) is 12.5. The molecule has 0 aromatic rings. The zero-order valence-electron chi connectivity index (χ0n) is 41.8. The molecule has 0 saturated heterocycles. The van der Waals surface area contributed by atoms with Crippen LogP contribution in [0, 0.1) is 11.8 Å². The van der Waals surface area contributed by atoms with E-state index < -0.39 is 6.10 Å². The fourth-order valence-corrected chi connectivity index (χ4v) is 8.31. The molecule has 0 aromatic heterocycles. The zero-order chi connectivity index (χ0) is 44.7. The van der Waals surface area contributed by atoms with Crippen LogP contribution in [0.15, 0.2) is 0 Å². The highest BCUT2D eigenvalue weighted by Gasteiger charge is 2.19. The van der Waals surface area contributed by atoms with Crippen LogP contribution in [0.4, 0.5) is 0 Å². The van der Waals surface area contributed by atoms with Crippen molar-refractivity contribution in [2.45, 2.75) is 310 Å². The number of hydrogen-bond acceptors (Lipinski definition) is 6. The number of carbonyl (C=O) groups is 3. The molecule has 0 N–H and O–H groups in total. The minimum atomic E-state index is -0.763. The Kier molecular flexibility index (Phi) is 46.6. The SMILES string of the molecule is CCCCCCCCCCCCCCCCCCCCCC(=O)OC[C@@H](COC(=O)CCCCCCCCCCCCCC(C)C)OC(=O)CCCCCCCCC(C)CC. The van der Waals surface area contributed by atoms with Gasteiger partial charge >= 0.3 is 17.9 Å². The lowest BCUT2D eigenvalue weighted by Crippen LogP contribution is -2.30. The number of ether oxygens (including phenoxy) is 3. The van der Waals surface area contributed by atoms with Gasteiger partial charge in [-0.3, -0.25) is 14.4 Å². The van der Waals surface area contributed by atoms with Crippen LogP contribution in [0.25, 0.3) is 0 Å². The third-order valence-corrected chi connectivity index (χ3v) is 12.8. The summed E-state index contributed by atoms with van der Waals surface area (Å²) in [5.41, 5.74) is 0. The van der Waals surface area contributed by atoms with E-state index in [1.165, 1.54) is 193 Å². The standard InChI is InChI=1S/C55H106O6/c1-6-8-9-10-11-12-13-14-15-16-17-18-19-20-23-26-29-35-40-45-53(56)59-48-52(61-55(58)47-42-37-32-31-34-39-44-51(5)7-2)49-60-54(57)46-41-36-30-27-24-21-22-25-28-33-38-43-50(3)4/h50-52H,6-49H2,1-5H3/t51?,52-/m0/s1. The van der Waals surface area contributed by atoms with Crippen molar-refractivity contribution >= 4 is 17.9 Å². The van der Waals surface area contributed by atoms with Gasteiger partial charge in [0.2, 0.25) is 0 Å². The Labute approximate surface area is 380 Å². The maximum Gasteiger partial charge on any atom is 0.306 e. The first-order chi connectivity index (χ1) is 29.8. The van der Waals surface area contributed by atoms with Crippen molar-refractivity contribution < 1.29 is 28.6 Å². The zero-order valence-corrected chi connectivity index (χ0v) is 41.8. The lowest BCUT2D eigenvalue weighted by atomic mass is 10.00. The van der Waals surface area contributed by atoms with Gasteiger partial charge in [0, 0.05) is 19.3 Å². The highest BCUT2D eigenvalue weighted by Crippen LogP contribution is 2.18. The van der Waals surface area contributed by atoms with E-state index in [9.17, 15) is 14.4 Å². The smallest absolute Gasteiger partial charge is 0.306 e. The molecule has 0 aliphatic carbocycles. The molecule has 2 atom stereocenters. The summed E-state index contributed by atoms with van der Waals surface area (Å²) >= 11 is 0. The van der Waals surface area contributed by atoms with Crippen LogP contribution in [0.2, 0.25) is 0 Å². The van der Waals surface area contributed by atoms with E-state index in [4.69, 9.17) is 14.2 Å². The summed E-state index contributed by atoms with van der Waals surface area (Å²) in [5.74, 6) is 0.787. The Morgan fingerprint density at radius 3 is 0.934 bits per heavy atom. The molecule has 0 bridgehead atoms. The van der Waals surface area contributed by atoms with Crippen molar-refractivity contribution in [2.24, 2.45) is 11.8 Å². The maximum absolute atomic E-state index is 12.8. The Morgan fingerprint density at radius 1 is 0.344 bits per heavy atom. The second kappa shape index (κ2) is 47.9. The molecule has 0 aromatic carbocycles. The van der Waals surface area contributed by atoms with Crippen molar-refractivity contribution in [3.05, 3.63) is 0 Å². The highest BCUT2D eigenvalue weighted by molar-refractivity contribution is 5.71. The quantitative estimate of drug-likeness (QED) is 0.0344. The van der Waals surface area contributed by atoms with Gasteiger partial charge in [0.1, 0.15) is 13.2 Å². The summed E-state index contributed by atoms with van der Waals surface area (Å²) < 4.78 is 16.8. The number of rotatable bonds is 49. The van der Waals surface area contributed by atoms with Gasteiger partial charge in [-0.05, 0) is 31.1 Å². The van der Waals surface area contributed by atoms with E-state index in [2.05, 4.69) is 34.6 Å². The van der Waals surface area contributed by atoms with E-state index in [0.29, 0.717) is 19.3 Å². The van der Waals surface area contributed by atoms with Crippen LogP contribution < -0.4 is 0 Å². The second-order valence-electron chi connectivity index (χ2n) is 19.6. The molecule has 6 heteroatoms. The van der Waals surface area contributed by atoms with Crippen LogP contribution in [-0.4, -0.2) is 37.2 Å². The Morgan fingerprint density at radius 2 is 0.623 bits per heavy atom. The molecule has 1 unspecified atom stereocenters. The molecule has 0 aliphatic rings. The molecule has 0 spiro atoms. The fraction of sp³-hybridized carbons (Fsp3) is 0.945. The molecule has 0 fully saturated rings. The molecule has 6 nitrogen and oxygen atoms in total. The molecule has 61 heavy (non-hydrogen) atoms. The lowest BCUT2D eigenvalue weighted by Gasteiger charge is -2.18. The Hall–Kier alpha value is -1.59. The van der Waals surface area contributed by atoms with Gasteiger partial charge in [-0.25, -0.2) is 0 Å². The molecule has 0 aliphatic heterocycles. The Balaban J connectivity index is 4.23.